The summed E-state index contributed by atoms with van der Waals surface area (Å²) in [5.41, 5.74) is 5.64. The largest absolute Gasteiger partial charge is 0.401 e. The van der Waals surface area contributed by atoms with Crippen LogP contribution in [0.4, 0.5) is 11.7 Å². The average molecular weight is 399 g/mol. The Morgan fingerprint density at radius 3 is 2.57 bits per heavy atom. The minimum absolute atomic E-state index is 0.260. The minimum atomic E-state index is 0.260. The lowest BCUT2D eigenvalue weighted by Gasteiger charge is -2.16. The van der Waals surface area contributed by atoms with Crippen molar-refractivity contribution in [3.63, 3.8) is 0 Å². The third-order valence-electron chi connectivity index (χ3n) is 4.55. The van der Waals surface area contributed by atoms with E-state index in [1.54, 1.807) is 18.6 Å². The second-order valence-corrected chi connectivity index (χ2v) is 6.89. The summed E-state index contributed by atoms with van der Waals surface area (Å²) in [6.45, 7) is 5.94. The van der Waals surface area contributed by atoms with Gasteiger partial charge in [-0.25, -0.2) is 4.98 Å². The van der Waals surface area contributed by atoms with Gasteiger partial charge in [0.2, 0.25) is 0 Å². The van der Waals surface area contributed by atoms with Gasteiger partial charge in [0.25, 0.3) is 5.89 Å². The Hall–Kier alpha value is -4.07. The van der Waals surface area contributed by atoms with Crippen LogP contribution in [0.25, 0.3) is 28.5 Å². The van der Waals surface area contributed by atoms with Crippen molar-refractivity contribution in [1.29, 1.82) is 0 Å². The van der Waals surface area contributed by atoms with Gasteiger partial charge in [-0.2, -0.15) is 0 Å². The fraction of sp³-hybridized carbons (Fsp3) is 0.136. The Morgan fingerprint density at radius 1 is 1.07 bits per heavy atom. The lowest BCUT2D eigenvalue weighted by molar-refractivity contribution is 0.584. The van der Waals surface area contributed by atoms with Crippen molar-refractivity contribution in [2.24, 2.45) is 0 Å². The molecular formula is C22H21N7O. The van der Waals surface area contributed by atoms with Gasteiger partial charge in [0, 0.05) is 31.6 Å². The first-order chi connectivity index (χ1) is 14.5. The van der Waals surface area contributed by atoms with Gasteiger partial charge in [0.05, 0.1) is 29.5 Å². The zero-order chi connectivity index (χ0) is 21.1. The number of hydrogen-bond acceptors (Lipinski definition) is 8. The van der Waals surface area contributed by atoms with Crippen molar-refractivity contribution in [3.8, 4) is 22.8 Å². The third-order valence-corrected chi connectivity index (χ3v) is 4.55. The molecular weight excluding hydrogens is 378 g/mol. The standard InChI is InChI=1S/C22H21N7O/c1-14-20(21-27-28-22(30-21)25-18-6-5-11-23-12-18)26-19(13-24-14)17-9-7-16(8-10-17)15(2)29(3)4/h5-13H,2H2,1,3-4H3,(H,25,28). The molecule has 0 bridgehead atoms. The topological polar surface area (TPSA) is 92.9 Å². The van der Waals surface area contributed by atoms with E-state index >= 15 is 0 Å². The van der Waals surface area contributed by atoms with Crippen LogP contribution in [0.3, 0.4) is 0 Å². The van der Waals surface area contributed by atoms with E-state index in [9.17, 15) is 0 Å². The number of aromatic nitrogens is 5. The molecule has 0 aliphatic rings. The molecule has 0 spiro atoms. The summed E-state index contributed by atoms with van der Waals surface area (Å²) in [4.78, 5) is 15.2. The molecule has 4 rings (SSSR count). The van der Waals surface area contributed by atoms with Crippen molar-refractivity contribution in [2.75, 3.05) is 19.4 Å². The molecule has 8 heteroatoms. The van der Waals surface area contributed by atoms with Gasteiger partial charge in [0.1, 0.15) is 5.69 Å². The van der Waals surface area contributed by atoms with Crippen LogP contribution >= 0.6 is 0 Å². The molecule has 150 valence electrons. The van der Waals surface area contributed by atoms with Crippen molar-refractivity contribution in [3.05, 3.63) is 72.8 Å². The van der Waals surface area contributed by atoms with Crippen LogP contribution in [0.1, 0.15) is 11.3 Å². The van der Waals surface area contributed by atoms with Crippen LogP contribution < -0.4 is 5.32 Å². The quantitative estimate of drug-likeness (QED) is 0.516. The summed E-state index contributed by atoms with van der Waals surface area (Å²) in [6, 6.07) is 12.0. The zero-order valence-corrected chi connectivity index (χ0v) is 17.0. The van der Waals surface area contributed by atoms with E-state index in [1.807, 2.05) is 62.3 Å². The molecule has 3 aromatic heterocycles. The lowest BCUT2D eigenvalue weighted by Crippen LogP contribution is -2.08. The average Bonchev–Trinajstić information content (AvgIpc) is 3.22. The molecule has 4 aromatic rings. The Balaban J connectivity index is 1.60. The number of rotatable bonds is 6. The fourth-order valence-electron chi connectivity index (χ4n) is 2.81. The highest BCUT2D eigenvalue weighted by molar-refractivity contribution is 5.68. The first-order valence-electron chi connectivity index (χ1n) is 9.33. The van der Waals surface area contributed by atoms with Crippen LogP contribution in [-0.2, 0) is 0 Å². The maximum absolute atomic E-state index is 5.74. The lowest BCUT2D eigenvalue weighted by atomic mass is 10.1. The Labute approximate surface area is 174 Å². The van der Waals surface area contributed by atoms with Crippen molar-refractivity contribution < 1.29 is 4.42 Å². The normalized spacial score (nSPS) is 10.6. The molecule has 30 heavy (non-hydrogen) atoms. The Kier molecular flexibility index (Phi) is 5.21. The van der Waals surface area contributed by atoms with Gasteiger partial charge in [0.15, 0.2) is 0 Å². The summed E-state index contributed by atoms with van der Waals surface area (Å²) >= 11 is 0. The highest BCUT2D eigenvalue weighted by Crippen LogP contribution is 2.26. The molecule has 0 fully saturated rings. The summed E-state index contributed by atoms with van der Waals surface area (Å²) in [5.74, 6) is 0.297. The molecule has 0 atom stereocenters. The summed E-state index contributed by atoms with van der Waals surface area (Å²) in [7, 11) is 3.94. The summed E-state index contributed by atoms with van der Waals surface area (Å²) in [6.07, 6.45) is 5.10. The molecule has 0 saturated heterocycles. The molecule has 0 amide bonds. The van der Waals surface area contributed by atoms with Gasteiger partial charge < -0.3 is 14.6 Å². The van der Waals surface area contributed by atoms with Gasteiger partial charge >= 0.3 is 6.01 Å². The minimum Gasteiger partial charge on any atom is -0.401 e. The van der Waals surface area contributed by atoms with E-state index in [-0.39, 0.29) is 6.01 Å². The highest BCUT2D eigenvalue weighted by Gasteiger charge is 2.15. The smallest absolute Gasteiger partial charge is 0.320 e. The molecule has 0 unspecified atom stereocenters. The van der Waals surface area contributed by atoms with Crippen LogP contribution in [0.15, 0.2) is 66.0 Å². The molecule has 1 aromatic carbocycles. The van der Waals surface area contributed by atoms with Gasteiger partial charge in [-0.1, -0.05) is 35.9 Å². The SMILES string of the molecule is C=C(c1ccc(-c2cnc(C)c(-c3nnc(Nc4cccnc4)o3)n2)cc1)N(C)C. The van der Waals surface area contributed by atoms with Crippen LogP contribution in [0, 0.1) is 6.92 Å². The van der Waals surface area contributed by atoms with Crippen LogP contribution in [0.5, 0.6) is 0 Å². The number of aryl methyl sites for hydroxylation is 1. The van der Waals surface area contributed by atoms with Crippen molar-refractivity contribution in [1.82, 2.24) is 30.0 Å². The first kappa shape index (κ1) is 19.3. The molecule has 0 aliphatic heterocycles. The number of benzene rings is 1. The first-order valence-corrected chi connectivity index (χ1v) is 9.33. The van der Waals surface area contributed by atoms with Crippen LogP contribution in [0.2, 0.25) is 0 Å². The molecule has 0 saturated carbocycles. The third kappa shape index (κ3) is 4.02. The van der Waals surface area contributed by atoms with E-state index in [0.717, 1.165) is 28.2 Å². The van der Waals surface area contributed by atoms with E-state index in [0.29, 0.717) is 17.3 Å². The Morgan fingerprint density at radius 2 is 1.87 bits per heavy atom. The highest BCUT2D eigenvalue weighted by atomic mass is 16.4. The second-order valence-electron chi connectivity index (χ2n) is 6.89. The van der Waals surface area contributed by atoms with E-state index in [2.05, 4.69) is 32.1 Å². The number of pyridine rings is 1. The number of anilines is 2. The fourth-order valence-corrected chi connectivity index (χ4v) is 2.81. The maximum Gasteiger partial charge on any atom is 0.320 e. The van der Waals surface area contributed by atoms with E-state index < -0.39 is 0 Å². The summed E-state index contributed by atoms with van der Waals surface area (Å²) in [5, 5.41) is 11.2. The molecule has 0 aliphatic carbocycles. The molecule has 8 nitrogen and oxygen atoms in total. The monoisotopic (exact) mass is 399 g/mol. The van der Waals surface area contributed by atoms with E-state index in [4.69, 9.17) is 9.40 Å². The molecule has 1 N–H and O–H groups in total. The second kappa shape index (κ2) is 8.12. The van der Waals surface area contributed by atoms with Crippen molar-refractivity contribution in [2.45, 2.75) is 6.92 Å². The predicted octanol–water partition coefficient (Wildman–Crippen LogP) is 4.17. The number of nitrogens with zero attached hydrogens (tertiary/aromatic N) is 6. The number of hydrogen-bond donors (Lipinski definition) is 1. The number of nitrogens with one attached hydrogen (secondary N) is 1. The Bertz CT molecular complexity index is 1170. The van der Waals surface area contributed by atoms with Crippen LogP contribution in [-0.4, -0.2) is 44.1 Å². The van der Waals surface area contributed by atoms with Gasteiger partial charge in [-0.05, 0) is 24.6 Å². The maximum atomic E-state index is 5.74. The summed E-state index contributed by atoms with van der Waals surface area (Å²) < 4.78 is 5.74. The zero-order valence-electron chi connectivity index (χ0n) is 17.0. The van der Waals surface area contributed by atoms with Gasteiger partial charge in [-0.15, -0.1) is 5.10 Å². The molecule has 3 heterocycles. The van der Waals surface area contributed by atoms with Crippen molar-refractivity contribution >= 4 is 17.4 Å². The van der Waals surface area contributed by atoms with E-state index in [1.165, 1.54) is 0 Å². The van der Waals surface area contributed by atoms with Gasteiger partial charge in [-0.3, -0.25) is 9.97 Å². The predicted molar refractivity (Wildman–Crippen MR) is 116 cm³/mol. The molecule has 0 radical (unpaired) electrons.